The van der Waals surface area contributed by atoms with E-state index < -0.39 is 0 Å². The molecule has 0 spiro atoms. The van der Waals surface area contributed by atoms with Crippen molar-refractivity contribution in [3.63, 3.8) is 0 Å². The van der Waals surface area contributed by atoms with Crippen molar-refractivity contribution in [2.24, 2.45) is 0 Å². The van der Waals surface area contributed by atoms with Gasteiger partial charge in [0, 0.05) is 56.9 Å². The van der Waals surface area contributed by atoms with Gasteiger partial charge in [-0.3, -0.25) is 0 Å². The van der Waals surface area contributed by atoms with Gasteiger partial charge in [-0.05, 0) is 96.7 Å². The van der Waals surface area contributed by atoms with Gasteiger partial charge < -0.3 is 4.42 Å². The SMILES string of the molecule is c1ccc(-c2sc3cc4c(cc3c2-c2ccccc2)sc2cccc(-c3c5ccccc5c(-c5ccc6c(c5)oc5c7ccccc7ccc65)c5ccccc35)c24)cc1. The maximum absolute atomic E-state index is 6.72. The van der Waals surface area contributed by atoms with Gasteiger partial charge in [0.05, 0.1) is 0 Å². The average Bonchev–Trinajstić information content (AvgIpc) is 3.99. The Morgan fingerprint density at radius 3 is 1.68 bits per heavy atom. The highest BCUT2D eigenvalue weighted by atomic mass is 32.1. The molecule has 3 aromatic heterocycles. The van der Waals surface area contributed by atoms with E-state index in [4.69, 9.17) is 4.42 Å². The van der Waals surface area contributed by atoms with Crippen LogP contribution < -0.4 is 0 Å². The third-order valence-corrected chi connectivity index (χ3v) is 14.6. The summed E-state index contributed by atoms with van der Waals surface area (Å²) in [5.74, 6) is 0. The lowest BCUT2D eigenvalue weighted by atomic mass is 9.85. The maximum Gasteiger partial charge on any atom is 0.143 e. The fourth-order valence-electron chi connectivity index (χ4n) is 9.70. The molecule has 0 fully saturated rings. The van der Waals surface area contributed by atoms with Gasteiger partial charge in [-0.25, -0.2) is 0 Å². The molecule has 13 rings (SSSR count). The molecule has 0 amide bonds. The van der Waals surface area contributed by atoms with Crippen LogP contribution in [0.25, 0.3) is 128 Å². The predicted molar refractivity (Wildman–Crippen MR) is 256 cm³/mol. The lowest BCUT2D eigenvalue weighted by Gasteiger charge is -2.18. The Kier molecular flexibility index (Phi) is 7.12. The summed E-state index contributed by atoms with van der Waals surface area (Å²) in [5, 5.41) is 13.5. The zero-order valence-corrected chi connectivity index (χ0v) is 33.3. The van der Waals surface area contributed by atoms with Gasteiger partial charge >= 0.3 is 0 Å². The molecule has 59 heavy (non-hydrogen) atoms. The largest absolute Gasteiger partial charge is 0.455 e. The molecule has 1 nitrogen and oxygen atoms in total. The van der Waals surface area contributed by atoms with Crippen molar-refractivity contribution in [1.82, 2.24) is 0 Å². The van der Waals surface area contributed by atoms with Crippen molar-refractivity contribution in [3.05, 3.63) is 194 Å². The summed E-state index contributed by atoms with van der Waals surface area (Å²) in [4.78, 5) is 1.32. The summed E-state index contributed by atoms with van der Waals surface area (Å²) >= 11 is 3.81. The summed E-state index contributed by atoms with van der Waals surface area (Å²) in [6, 6.07) is 71.2. The molecule has 0 radical (unpaired) electrons. The van der Waals surface area contributed by atoms with Crippen molar-refractivity contribution in [3.8, 4) is 43.8 Å². The van der Waals surface area contributed by atoms with Gasteiger partial charge in [0.2, 0.25) is 0 Å². The van der Waals surface area contributed by atoms with E-state index in [1.807, 2.05) is 22.7 Å². The van der Waals surface area contributed by atoms with Crippen molar-refractivity contribution >= 4 is 107 Å². The first-order chi connectivity index (χ1) is 29.3. The minimum atomic E-state index is 0.909. The van der Waals surface area contributed by atoms with E-state index in [0.717, 1.165) is 32.9 Å². The van der Waals surface area contributed by atoms with Crippen LogP contribution in [0.3, 0.4) is 0 Å². The van der Waals surface area contributed by atoms with E-state index in [1.54, 1.807) is 0 Å². The molecule has 0 saturated carbocycles. The highest BCUT2D eigenvalue weighted by Crippen LogP contribution is 2.51. The summed E-state index contributed by atoms with van der Waals surface area (Å²) in [6.07, 6.45) is 0. The Morgan fingerprint density at radius 2 is 0.932 bits per heavy atom. The van der Waals surface area contributed by atoms with Gasteiger partial charge in [-0.2, -0.15) is 0 Å². The zero-order valence-electron chi connectivity index (χ0n) is 31.7. The van der Waals surface area contributed by atoms with E-state index in [9.17, 15) is 0 Å². The Balaban J connectivity index is 1.07. The molecule has 3 heterocycles. The van der Waals surface area contributed by atoms with Crippen LogP contribution in [0.15, 0.2) is 199 Å². The van der Waals surface area contributed by atoms with Gasteiger partial charge in [0.1, 0.15) is 11.2 Å². The average molecular weight is 785 g/mol. The number of hydrogen-bond acceptors (Lipinski definition) is 3. The van der Waals surface area contributed by atoms with Crippen molar-refractivity contribution < 1.29 is 4.42 Å². The summed E-state index contributed by atoms with van der Waals surface area (Å²) < 4.78 is 10.6. The predicted octanol–water partition coefficient (Wildman–Crippen LogP) is 17.3. The zero-order chi connectivity index (χ0) is 38.6. The molecular formula is C56H32OS2. The Labute approximate surface area is 347 Å². The highest BCUT2D eigenvalue weighted by Gasteiger charge is 2.23. The van der Waals surface area contributed by atoms with Crippen molar-refractivity contribution in [2.45, 2.75) is 0 Å². The number of fused-ring (bicyclic) bond motifs is 11. The standard InChI is InChI=1S/C56H32OS2/c1-3-15-34(16-4-1)52-45-31-49-46(32-50(45)59-56(52)35-17-5-2-6-18-35)54-44(24-13-25-48(54)58-49)53-41-22-11-9-20-39(41)51(40-21-10-12-23-42(40)53)36-27-28-38-43-29-26-33-14-7-8-19-37(33)55(43)57-47(38)30-36/h1-32H. The monoisotopic (exact) mass is 784 g/mol. The molecule has 3 heteroatoms. The second-order valence-electron chi connectivity index (χ2n) is 15.5. The maximum atomic E-state index is 6.72. The van der Waals surface area contributed by atoms with Gasteiger partial charge in [-0.1, -0.05) is 158 Å². The molecular weight excluding hydrogens is 753 g/mol. The minimum absolute atomic E-state index is 0.909. The van der Waals surface area contributed by atoms with Crippen LogP contribution in [0.2, 0.25) is 0 Å². The Morgan fingerprint density at radius 1 is 0.322 bits per heavy atom. The minimum Gasteiger partial charge on any atom is -0.455 e. The van der Waals surface area contributed by atoms with Gasteiger partial charge in [0.15, 0.2) is 0 Å². The van der Waals surface area contributed by atoms with Crippen LogP contribution >= 0.6 is 22.7 Å². The quantitative estimate of drug-likeness (QED) is 0.162. The van der Waals surface area contributed by atoms with E-state index in [0.29, 0.717) is 0 Å². The van der Waals surface area contributed by atoms with Crippen LogP contribution in [0.4, 0.5) is 0 Å². The van der Waals surface area contributed by atoms with Crippen LogP contribution in [0.5, 0.6) is 0 Å². The molecule has 0 unspecified atom stereocenters. The number of thiophene rings is 2. The van der Waals surface area contributed by atoms with Gasteiger partial charge in [-0.15, -0.1) is 22.7 Å². The second kappa shape index (κ2) is 12.7. The summed E-state index contributed by atoms with van der Waals surface area (Å²) in [5.41, 5.74) is 10.6. The second-order valence-corrected chi connectivity index (χ2v) is 17.6. The molecule has 0 bridgehead atoms. The molecule has 0 aliphatic carbocycles. The highest BCUT2D eigenvalue weighted by molar-refractivity contribution is 7.26. The first-order valence-electron chi connectivity index (χ1n) is 20.1. The topological polar surface area (TPSA) is 13.1 Å². The smallest absolute Gasteiger partial charge is 0.143 e. The summed E-state index contributed by atoms with van der Waals surface area (Å²) in [6.45, 7) is 0. The third-order valence-electron chi connectivity index (χ3n) is 12.3. The first kappa shape index (κ1) is 33.0. The van der Waals surface area contributed by atoms with Crippen LogP contribution in [-0.4, -0.2) is 0 Å². The van der Waals surface area contributed by atoms with Crippen LogP contribution in [0, 0.1) is 0 Å². The number of hydrogen-bond donors (Lipinski definition) is 0. The van der Waals surface area contributed by atoms with Crippen molar-refractivity contribution in [2.75, 3.05) is 0 Å². The number of furan rings is 1. The van der Waals surface area contributed by atoms with E-state index in [2.05, 4.69) is 194 Å². The van der Waals surface area contributed by atoms with Crippen molar-refractivity contribution in [1.29, 1.82) is 0 Å². The third kappa shape index (κ3) is 4.90. The number of rotatable bonds is 4. The lowest BCUT2D eigenvalue weighted by molar-refractivity contribution is 0.673. The Bertz CT molecular complexity index is 3770. The van der Waals surface area contributed by atoms with Crippen LogP contribution in [-0.2, 0) is 0 Å². The summed E-state index contributed by atoms with van der Waals surface area (Å²) in [7, 11) is 0. The fraction of sp³-hybridized carbons (Fsp3) is 0. The molecule has 10 aromatic carbocycles. The lowest BCUT2D eigenvalue weighted by Crippen LogP contribution is -1.91. The molecule has 0 saturated heterocycles. The molecule has 0 aliphatic rings. The number of benzene rings is 10. The Hall–Kier alpha value is -7.04. The van der Waals surface area contributed by atoms with E-state index >= 15 is 0 Å². The molecule has 0 N–H and O–H groups in total. The first-order valence-corrected chi connectivity index (χ1v) is 21.7. The molecule has 0 aliphatic heterocycles. The molecule has 0 atom stereocenters. The molecule has 13 aromatic rings. The normalized spacial score (nSPS) is 12.1. The van der Waals surface area contributed by atoms with E-state index in [-0.39, 0.29) is 0 Å². The molecule has 274 valence electrons. The van der Waals surface area contributed by atoms with Gasteiger partial charge in [0.25, 0.3) is 0 Å². The van der Waals surface area contributed by atoms with E-state index in [1.165, 1.54) is 95.4 Å². The fourth-order valence-corrected chi connectivity index (χ4v) is 12.1. The van der Waals surface area contributed by atoms with Crippen LogP contribution in [0.1, 0.15) is 0 Å².